The van der Waals surface area contributed by atoms with Crippen molar-refractivity contribution in [3.63, 3.8) is 0 Å². The molecule has 7 rings (SSSR count). The molecule has 2 aromatic heterocycles. The number of ether oxygens (including phenoxy) is 1. The fourth-order valence-corrected chi connectivity index (χ4v) is 5.78. The molecular formula is C24H24ClF2N5O2. The van der Waals surface area contributed by atoms with Crippen LogP contribution in [0.15, 0.2) is 43.1 Å². The van der Waals surface area contributed by atoms with Crippen molar-refractivity contribution in [1.29, 1.82) is 0 Å². The second-order valence-electron chi connectivity index (χ2n) is 9.76. The van der Waals surface area contributed by atoms with Gasteiger partial charge in [-0.25, -0.2) is 13.8 Å². The summed E-state index contributed by atoms with van der Waals surface area (Å²) in [7, 11) is 0. The minimum absolute atomic E-state index is 0.00585. The van der Waals surface area contributed by atoms with Crippen LogP contribution in [0.4, 0.5) is 8.78 Å². The Labute approximate surface area is 200 Å². The SMILES string of the molecule is O=C(COC1CC(n2cc(F)cn2)C1)N[C@H]1CC2(n3cnc(-c4ccc(Cl)c(F)c4)c3)CC1C2. The fraction of sp³-hybridized carbons (Fsp3) is 0.458. The third kappa shape index (κ3) is 3.80. The molecule has 3 aromatic rings. The minimum Gasteiger partial charge on any atom is -0.368 e. The molecule has 178 valence electrons. The topological polar surface area (TPSA) is 74.0 Å². The summed E-state index contributed by atoms with van der Waals surface area (Å²) in [5, 5.41) is 7.21. The Balaban J connectivity index is 0.999. The molecule has 1 N–H and O–H groups in total. The summed E-state index contributed by atoms with van der Waals surface area (Å²) in [6.45, 7) is 0.0262. The van der Waals surface area contributed by atoms with Gasteiger partial charge >= 0.3 is 0 Å². The number of halogens is 3. The van der Waals surface area contributed by atoms with Crippen molar-refractivity contribution in [1.82, 2.24) is 24.6 Å². The van der Waals surface area contributed by atoms with E-state index < -0.39 is 5.82 Å². The molecule has 0 radical (unpaired) electrons. The van der Waals surface area contributed by atoms with Gasteiger partial charge < -0.3 is 14.6 Å². The van der Waals surface area contributed by atoms with Crippen molar-refractivity contribution in [3.05, 3.63) is 59.8 Å². The number of rotatable bonds is 7. The average molecular weight is 488 g/mol. The normalized spacial score (nSPS) is 29.5. The van der Waals surface area contributed by atoms with Gasteiger partial charge in [0.15, 0.2) is 5.82 Å². The molecule has 4 aliphatic rings. The molecular weight excluding hydrogens is 464 g/mol. The molecule has 0 aliphatic heterocycles. The Morgan fingerprint density at radius 2 is 2.06 bits per heavy atom. The van der Waals surface area contributed by atoms with Crippen LogP contribution in [-0.2, 0) is 15.1 Å². The summed E-state index contributed by atoms with van der Waals surface area (Å²) in [4.78, 5) is 17.0. The number of aromatic nitrogens is 4. The van der Waals surface area contributed by atoms with Crippen molar-refractivity contribution < 1.29 is 18.3 Å². The Morgan fingerprint density at radius 1 is 1.24 bits per heavy atom. The Kier molecular flexibility index (Phi) is 5.22. The van der Waals surface area contributed by atoms with Crippen LogP contribution < -0.4 is 5.32 Å². The first-order chi connectivity index (χ1) is 16.4. The van der Waals surface area contributed by atoms with Crippen LogP contribution in [0.3, 0.4) is 0 Å². The monoisotopic (exact) mass is 487 g/mol. The van der Waals surface area contributed by atoms with Crippen molar-refractivity contribution in [2.45, 2.75) is 55.8 Å². The Morgan fingerprint density at radius 3 is 2.79 bits per heavy atom. The first-order valence-electron chi connectivity index (χ1n) is 11.5. The standard InChI is InChI=1S/C24H24ClF2N5O2/c25-19-2-1-14(3-20(19)27)22-11-31(13-28-22)24-6-15(7-24)21(8-24)30-23(33)12-34-18-4-17(5-18)32-10-16(26)9-29-32/h1-3,9-11,13,15,17-18,21H,4-8,12H2,(H,30,33)/t15?,17?,18?,21-,24?/m0/s1. The second-order valence-corrected chi connectivity index (χ2v) is 10.2. The third-order valence-electron chi connectivity index (χ3n) is 7.61. The highest BCUT2D eigenvalue weighted by atomic mass is 35.5. The van der Waals surface area contributed by atoms with E-state index in [1.54, 1.807) is 17.1 Å². The summed E-state index contributed by atoms with van der Waals surface area (Å²) >= 11 is 5.79. The highest BCUT2D eigenvalue weighted by Gasteiger charge is 2.57. The Bertz CT molecular complexity index is 1230. The molecule has 4 fully saturated rings. The summed E-state index contributed by atoms with van der Waals surface area (Å²) in [6, 6.07) is 4.92. The number of nitrogens with one attached hydrogen (secondary N) is 1. The number of carbonyl (C=O) groups is 1. The van der Waals surface area contributed by atoms with E-state index in [4.69, 9.17) is 16.3 Å². The average Bonchev–Trinajstić information content (AvgIpc) is 3.51. The van der Waals surface area contributed by atoms with Crippen molar-refractivity contribution in [2.24, 2.45) is 5.92 Å². The summed E-state index contributed by atoms with van der Waals surface area (Å²) < 4.78 is 36.4. The number of carbonyl (C=O) groups excluding carboxylic acids is 1. The van der Waals surface area contributed by atoms with E-state index in [2.05, 4.69) is 20.0 Å². The second kappa shape index (κ2) is 8.16. The molecule has 0 unspecified atom stereocenters. The van der Waals surface area contributed by atoms with Gasteiger partial charge in [-0.3, -0.25) is 9.48 Å². The van der Waals surface area contributed by atoms with Gasteiger partial charge in [0.1, 0.15) is 12.4 Å². The molecule has 0 saturated heterocycles. The van der Waals surface area contributed by atoms with Crippen LogP contribution in [-0.4, -0.2) is 44.0 Å². The lowest BCUT2D eigenvalue weighted by Crippen LogP contribution is -2.42. The molecule has 0 spiro atoms. The van der Waals surface area contributed by atoms with Gasteiger partial charge in [0.2, 0.25) is 5.91 Å². The molecule has 2 heterocycles. The van der Waals surface area contributed by atoms with Crippen molar-refractivity contribution in [2.75, 3.05) is 6.61 Å². The zero-order chi connectivity index (χ0) is 23.4. The Hall–Kier alpha value is -2.78. The largest absolute Gasteiger partial charge is 0.368 e. The number of hydrogen-bond donors (Lipinski definition) is 1. The molecule has 1 aromatic carbocycles. The lowest BCUT2D eigenvalue weighted by atomic mass is 9.76. The van der Waals surface area contributed by atoms with Gasteiger partial charge in [0, 0.05) is 23.3 Å². The van der Waals surface area contributed by atoms with Gasteiger partial charge in [-0.15, -0.1) is 0 Å². The lowest BCUT2D eigenvalue weighted by molar-refractivity contribution is -0.131. The number of hydrogen-bond acceptors (Lipinski definition) is 4. The van der Waals surface area contributed by atoms with E-state index in [9.17, 15) is 13.6 Å². The van der Waals surface area contributed by atoms with E-state index >= 15 is 0 Å². The van der Waals surface area contributed by atoms with Gasteiger partial charge in [0.25, 0.3) is 0 Å². The van der Waals surface area contributed by atoms with Crippen LogP contribution in [0.2, 0.25) is 5.02 Å². The summed E-state index contributed by atoms with van der Waals surface area (Å²) in [5.74, 6) is -0.480. The van der Waals surface area contributed by atoms with Gasteiger partial charge in [-0.2, -0.15) is 5.10 Å². The highest BCUT2D eigenvalue weighted by Crippen LogP contribution is 2.57. The maximum Gasteiger partial charge on any atom is 0.246 e. The van der Waals surface area contributed by atoms with E-state index in [1.807, 2.05) is 6.20 Å². The van der Waals surface area contributed by atoms with E-state index in [-0.39, 0.29) is 47.1 Å². The zero-order valence-electron chi connectivity index (χ0n) is 18.3. The van der Waals surface area contributed by atoms with Crippen LogP contribution in [0.5, 0.6) is 0 Å². The van der Waals surface area contributed by atoms with Gasteiger partial charge in [0.05, 0.1) is 41.6 Å². The molecule has 10 heteroatoms. The van der Waals surface area contributed by atoms with E-state index in [1.165, 1.54) is 24.5 Å². The molecule has 1 atom stereocenters. The molecule has 34 heavy (non-hydrogen) atoms. The molecule has 4 aliphatic carbocycles. The van der Waals surface area contributed by atoms with Crippen LogP contribution in [0.1, 0.15) is 38.1 Å². The quantitative estimate of drug-likeness (QED) is 0.544. The summed E-state index contributed by atoms with van der Waals surface area (Å²) in [6.07, 6.45) is 10.6. The van der Waals surface area contributed by atoms with Crippen molar-refractivity contribution >= 4 is 17.5 Å². The first-order valence-corrected chi connectivity index (χ1v) is 11.9. The van der Waals surface area contributed by atoms with E-state index in [0.29, 0.717) is 17.2 Å². The maximum atomic E-state index is 13.8. The third-order valence-corrected chi connectivity index (χ3v) is 7.92. The van der Waals surface area contributed by atoms with Crippen molar-refractivity contribution in [3.8, 4) is 11.3 Å². The highest BCUT2D eigenvalue weighted by molar-refractivity contribution is 6.30. The number of amides is 1. The molecule has 1 amide bonds. The predicted molar refractivity (Wildman–Crippen MR) is 120 cm³/mol. The lowest BCUT2D eigenvalue weighted by Gasteiger charge is -2.39. The molecule has 2 bridgehead atoms. The van der Waals surface area contributed by atoms with Crippen LogP contribution >= 0.6 is 11.6 Å². The smallest absolute Gasteiger partial charge is 0.246 e. The fourth-order valence-electron chi connectivity index (χ4n) is 5.66. The van der Waals surface area contributed by atoms with E-state index in [0.717, 1.165) is 32.1 Å². The summed E-state index contributed by atoms with van der Waals surface area (Å²) in [5.41, 5.74) is 1.33. The zero-order valence-corrected chi connectivity index (χ0v) is 19.1. The van der Waals surface area contributed by atoms with Crippen LogP contribution in [0.25, 0.3) is 11.3 Å². The van der Waals surface area contributed by atoms with Crippen LogP contribution in [0, 0.1) is 17.6 Å². The molecule has 4 saturated carbocycles. The molecule has 7 nitrogen and oxygen atoms in total. The minimum atomic E-state index is -0.464. The van der Waals surface area contributed by atoms with Gasteiger partial charge in [-0.1, -0.05) is 17.7 Å². The maximum absolute atomic E-state index is 13.8. The predicted octanol–water partition coefficient (Wildman–Crippen LogP) is 4.09. The number of imidazole rings is 1. The van der Waals surface area contributed by atoms with Gasteiger partial charge in [-0.05, 0) is 50.2 Å². The number of nitrogens with zero attached hydrogens (tertiary/aromatic N) is 4. The number of fused-ring (bicyclic) bond motifs is 1. The first kappa shape index (κ1) is 21.7. The number of benzene rings is 1.